The van der Waals surface area contributed by atoms with Gasteiger partial charge in [0.25, 0.3) is 0 Å². The second-order valence-electron chi connectivity index (χ2n) is 8.90. The maximum atomic E-state index is 13.1. The van der Waals surface area contributed by atoms with Gasteiger partial charge in [-0.25, -0.2) is 0 Å². The minimum Gasteiger partial charge on any atom is -0.387 e. The van der Waals surface area contributed by atoms with Gasteiger partial charge in [-0.05, 0) is 25.5 Å². The van der Waals surface area contributed by atoms with Gasteiger partial charge >= 0.3 is 6.18 Å². The molecule has 1 aliphatic heterocycles. The van der Waals surface area contributed by atoms with Crippen LogP contribution in [-0.4, -0.2) is 74.0 Å². The number of morpholine rings is 1. The van der Waals surface area contributed by atoms with Crippen molar-refractivity contribution in [3.8, 4) is 0 Å². The van der Waals surface area contributed by atoms with E-state index < -0.39 is 22.8 Å². The molecule has 31 heavy (non-hydrogen) atoms. The van der Waals surface area contributed by atoms with Gasteiger partial charge in [0.1, 0.15) is 0 Å². The third-order valence-electron chi connectivity index (χ3n) is 5.26. The van der Waals surface area contributed by atoms with Gasteiger partial charge in [-0.15, -0.1) is 0 Å². The minimum absolute atomic E-state index is 0.198. The fourth-order valence-corrected chi connectivity index (χ4v) is 3.41. The van der Waals surface area contributed by atoms with Crippen LogP contribution < -0.4 is 10.6 Å². The summed E-state index contributed by atoms with van der Waals surface area (Å²) in [7, 11) is 0. The lowest BCUT2D eigenvalue weighted by Gasteiger charge is -2.33. The number of nitrogens with zero attached hydrogens (tertiary/aromatic N) is 2. The molecule has 0 amide bonds. The van der Waals surface area contributed by atoms with Crippen LogP contribution in [0.25, 0.3) is 0 Å². The Labute approximate surface area is 182 Å². The number of rotatable bonds is 8. The van der Waals surface area contributed by atoms with Crippen molar-refractivity contribution < 1.29 is 23.0 Å². The topological polar surface area (TPSA) is 69.1 Å². The summed E-state index contributed by atoms with van der Waals surface area (Å²) in [5.41, 5.74) is -1.63. The van der Waals surface area contributed by atoms with Crippen LogP contribution in [0.3, 0.4) is 0 Å². The molecule has 0 bridgehead atoms. The number of hydrogen-bond acceptors (Lipinski definition) is 4. The molecule has 3 N–H and O–H groups in total. The lowest BCUT2D eigenvalue weighted by atomic mass is 9.84. The zero-order valence-electron chi connectivity index (χ0n) is 18.9. The van der Waals surface area contributed by atoms with Crippen molar-refractivity contribution in [3.05, 3.63) is 35.4 Å². The molecule has 0 aromatic heterocycles. The Morgan fingerprint density at radius 2 is 1.77 bits per heavy atom. The van der Waals surface area contributed by atoms with Crippen LogP contribution in [-0.2, 0) is 16.3 Å². The first kappa shape index (κ1) is 25.4. The van der Waals surface area contributed by atoms with Crippen LogP contribution in [0.2, 0.25) is 0 Å². The number of aliphatic hydroxyl groups is 1. The van der Waals surface area contributed by atoms with Crippen molar-refractivity contribution in [2.75, 3.05) is 52.5 Å². The first-order chi connectivity index (χ1) is 14.4. The predicted molar refractivity (Wildman–Crippen MR) is 116 cm³/mol. The molecule has 2 rings (SSSR count). The molecule has 0 spiro atoms. The standard InChI is InChI=1S/C22H35F3N4O2/c1-5-26-19(28-15-21(4,30)16-29-9-11-31-12-10-29)27-14-20(2,3)17-7-6-8-18(13-17)22(23,24)25/h6-8,13,30H,5,9-12,14-16H2,1-4H3,(H2,26,27,28). The Balaban J connectivity index is 2.01. The van der Waals surface area contributed by atoms with Crippen molar-refractivity contribution in [2.24, 2.45) is 4.99 Å². The largest absolute Gasteiger partial charge is 0.416 e. The smallest absolute Gasteiger partial charge is 0.387 e. The number of benzene rings is 1. The summed E-state index contributed by atoms with van der Waals surface area (Å²) in [5, 5.41) is 17.1. The average molecular weight is 445 g/mol. The highest BCUT2D eigenvalue weighted by Gasteiger charge is 2.32. The van der Waals surface area contributed by atoms with Gasteiger partial charge < -0.3 is 20.5 Å². The van der Waals surface area contributed by atoms with Gasteiger partial charge in [-0.3, -0.25) is 9.89 Å². The third-order valence-corrected chi connectivity index (χ3v) is 5.26. The molecule has 1 unspecified atom stereocenters. The highest BCUT2D eigenvalue weighted by Crippen LogP contribution is 2.32. The Kier molecular flexibility index (Phi) is 8.73. The fraction of sp³-hybridized carbons (Fsp3) is 0.682. The molecular formula is C22H35F3N4O2. The molecule has 1 saturated heterocycles. The van der Waals surface area contributed by atoms with E-state index in [1.165, 1.54) is 12.1 Å². The molecule has 1 aromatic rings. The molecule has 0 radical (unpaired) electrons. The van der Waals surface area contributed by atoms with Crippen molar-refractivity contribution in [2.45, 2.75) is 44.9 Å². The first-order valence-corrected chi connectivity index (χ1v) is 10.7. The van der Waals surface area contributed by atoms with E-state index in [4.69, 9.17) is 4.74 Å². The van der Waals surface area contributed by atoms with E-state index in [1.54, 1.807) is 13.0 Å². The SMILES string of the molecule is CCNC(=NCC(C)(O)CN1CCOCC1)NCC(C)(C)c1cccc(C(F)(F)F)c1. The van der Waals surface area contributed by atoms with Crippen molar-refractivity contribution in [3.63, 3.8) is 0 Å². The molecule has 1 heterocycles. The maximum Gasteiger partial charge on any atom is 0.416 e. The lowest BCUT2D eigenvalue weighted by Crippen LogP contribution is -2.48. The third kappa shape index (κ3) is 8.31. The Morgan fingerprint density at radius 1 is 1.13 bits per heavy atom. The zero-order chi connectivity index (χ0) is 23.1. The Morgan fingerprint density at radius 3 is 2.39 bits per heavy atom. The van der Waals surface area contributed by atoms with Gasteiger partial charge in [0.2, 0.25) is 0 Å². The van der Waals surface area contributed by atoms with E-state index in [0.29, 0.717) is 44.4 Å². The summed E-state index contributed by atoms with van der Waals surface area (Å²) in [6.07, 6.45) is -4.37. The van der Waals surface area contributed by atoms with Gasteiger partial charge in [0, 0.05) is 38.1 Å². The molecule has 6 nitrogen and oxygen atoms in total. The van der Waals surface area contributed by atoms with Crippen molar-refractivity contribution in [1.29, 1.82) is 0 Å². The van der Waals surface area contributed by atoms with Crippen LogP contribution in [0.5, 0.6) is 0 Å². The summed E-state index contributed by atoms with van der Waals surface area (Å²) in [5.74, 6) is 0.518. The van der Waals surface area contributed by atoms with E-state index >= 15 is 0 Å². The van der Waals surface area contributed by atoms with Crippen molar-refractivity contribution in [1.82, 2.24) is 15.5 Å². The van der Waals surface area contributed by atoms with Crippen molar-refractivity contribution >= 4 is 5.96 Å². The summed E-state index contributed by atoms with van der Waals surface area (Å²) >= 11 is 0. The highest BCUT2D eigenvalue weighted by molar-refractivity contribution is 5.79. The number of halogens is 3. The Bertz CT molecular complexity index is 730. The van der Waals surface area contributed by atoms with E-state index in [1.807, 2.05) is 20.8 Å². The number of β-amino-alcohol motifs (C(OH)–C–C–N with tert-alkyl or cyclic N) is 1. The number of hydrogen-bond donors (Lipinski definition) is 3. The fourth-order valence-electron chi connectivity index (χ4n) is 3.41. The molecule has 9 heteroatoms. The summed E-state index contributed by atoms with van der Waals surface area (Å²) in [6.45, 7) is 12.0. The van der Waals surface area contributed by atoms with E-state index in [9.17, 15) is 18.3 Å². The summed E-state index contributed by atoms with van der Waals surface area (Å²) < 4.78 is 44.6. The zero-order valence-corrected chi connectivity index (χ0v) is 18.9. The molecule has 1 atom stereocenters. The lowest BCUT2D eigenvalue weighted by molar-refractivity contribution is -0.137. The Hall–Kier alpha value is -1.84. The normalized spacial score (nSPS) is 18.5. The molecule has 1 fully saturated rings. The van der Waals surface area contributed by atoms with Crippen LogP contribution in [0.4, 0.5) is 13.2 Å². The maximum absolute atomic E-state index is 13.1. The van der Waals surface area contributed by atoms with Gasteiger partial charge in [-0.2, -0.15) is 13.2 Å². The van der Waals surface area contributed by atoms with Gasteiger partial charge in [-0.1, -0.05) is 32.0 Å². The molecule has 176 valence electrons. The van der Waals surface area contributed by atoms with Gasteiger partial charge in [0.05, 0.1) is 30.9 Å². The first-order valence-electron chi connectivity index (χ1n) is 10.7. The molecule has 1 aromatic carbocycles. The number of ether oxygens (including phenoxy) is 1. The molecule has 1 aliphatic rings. The highest BCUT2D eigenvalue weighted by atomic mass is 19.4. The minimum atomic E-state index is -4.37. The number of guanidine groups is 1. The predicted octanol–water partition coefficient (Wildman–Crippen LogP) is 2.62. The van der Waals surface area contributed by atoms with Crippen LogP contribution in [0, 0.1) is 0 Å². The average Bonchev–Trinajstić information content (AvgIpc) is 2.70. The monoisotopic (exact) mass is 444 g/mol. The summed E-state index contributed by atoms with van der Waals surface area (Å²) in [4.78, 5) is 6.66. The number of aliphatic imine (C=N–C) groups is 1. The van der Waals surface area contributed by atoms with Crippen LogP contribution in [0.1, 0.15) is 38.8 Å². The summed E-state index contributed by atoms with van der Waals surface area (Å²) in [6, 6.07) is 5.41. The molecular weight excluding hydrogens is 409 g/mol. The van der Waals surface area contributed by atoms with Gasteiger partial charge in [0.15, 0.2) is 5.96 Å². The second-order valence-corrected chi connectivity index (χ2v) is 8.90. The number of alkyl halides is 3. The second kappa shape index (κ2) is 10.7. The quantitative estimate of drug-likeness (QED) is 0.425. The van der Waals surface area contributed by atoms with E-state index in [-0.39, 0.29) is 6.54 Å². The molecule has 0 saturated carbocycles. The number of nitrogens with one attached hydrogen (secondary N) is 2. The van der Waals surface area contributed by atoms with E-state index in [0.717, 1.165) is 19.2 Å². The molecule has 0 aliphatic carbocycles. The van der Waals surface area contributed by atoms with E-state index in [2.05, 4.69) is 20.5 Å². The van der Waals surface area contributed by atoms with Crippen LogP contribution in [0.15, 0.2) is 29.3 Å². The van der Waals surface area contributed by atoms with Crippen LogP contribution >= 0.6 is 0 Å².